The number of aliphatic hydroxyl groups is 1. The summed E-state index contributed by atoms with van der Waals surface area (Å²) in [4.78, 5) is 13.5. The Morgan fingerprint density at radius 3 is 2.15 bits per heavy atom. The number of ether oxygens (including phenoxy) is 2. The number of halogens is 5. The van der Waals surface area contributed by atoms with Crippen LogP contribution < -0.4 is 9.64 Å². The molecule has 1 N–H and O–H groups in total. The van der Waals surface area contributed by atoms with Crippen molar-refractivity contribution in [1.29, 1.82) is 0 Å². The Morgan fingerprint density at radius 2 is 1.58 bits per heavy atom. The maximum absolute atomic E-state index is 13.9. The minimum Gasteiger partial charge on any atom is -0.457 e. The molecular formula is C23H18ClF4NO4. The third-order valence-corrected chi connectivity index (χ3v) is 4.92. The highest BCUT2D eigenvalue weighted by atomic mass is 35.5. The Hall–Kier alpha value is -3.30. The lowest BCUT2D eigenvalue weighted by Crippen LogP contribution is -2.27. The molecule has 0 radical (unpaired) electrons. The largest absolute Gasteiger partial charge is 0.457 e. The number of carbonyl (C=O) groups excluding carboxylic acids is 1. The lowest BCUT2D eigenvalue weighted by molar-refractivity contribution is -0.137. The fourth-order valence-electron chi connectivity index (χ4n) is 3.23. The van der Waals surface area contributed by atoms with E-state index < -0.39 is 29.7 Å². The standard InChI is InChI=1S/C22H14ClF4NO3.CH4O/c23-15-1-5-18(6-2-15)31-19-7-3-17(4-8-19)28-20(12-30-21(28)29)13-9-14(22(25,26)27)11-16(24)10-13;1-2/h1-11,20H,12H2;2H,1H3/t20-;/m1./s1. The van der Waals surface area contributed by atoms with Crippen LogP contribution in [-0.4, -0.2) is 24.9 Å². The summed E-state index contributed by atoms with van der Waals surface area (Å²) < 4.78 is 63.8. The van der Waals surface area contributed by atoms with Crippen LogP contribution in [0.2, 0.25) is 5.02 Å². The molecule has 1 aliphatic rings. The van der Waals surface area contributed by atoms with E-state index in [1.807, 2.05) is 0 Å². The molecule has 0 aliphatic carbocycles. The smallest absolute Gasteiger partial charge is 0.416 e. The second-order valence-corrected chi connectivity index (χ2v) is 7.22. The zero-order valence-electron chi connectivity index (χ0n) is 17.1. The van der Waals surface area contributed by atoms with Crippen LogP contribution in [0.1, 0.15) is 17.2 Å². The first kappa shape index (κ1) is 24.3. The molecule has 1 heterocycles. The van der Waals surface area contributed by atoms with Crippen molar-refractivity contribution in [3.63, 3.8) is 0 Å². The summed E-state index contributed by atoms with van der Waals surface area (Å²) in [6, 6.07) is 14.3. The molecule has 4 rings (SSSR count). The molecule has 5 nitrogen and oxygen atoms in total. The molecule has 1 atom stereocenters. The molecule has 33 heavy (non-hydrogen) atoms. The van der Waals surface area contributed by atoms with Gasteiger partial charge in [0.1, 0.15) is 23.9 Å². The molecule has 1 amide bonds. The number of hydrogen-bond donors (Lipinski definition) is 1. The molecule has 0 aromatic heterocycles. The lowest BCUT2D eigenvalue weighted by atomic mass is 10.0. The molecule has 1 aliphatic heterocycles. The van der Waals surface area contributed by atoms with Gasteiger partial charge in [0.25, 0.3) is 0 Å². The van der Waals surface area contributed by atoms with Crippen LogP contribution in [0, 0.1) is 5.82 Å². The van der Waals surface area contributed by atoms with Crippen LogP contribution in [0.15, 0.2) is 66.7 Å². The predicted octanol–water partition coefficient (Wildman–Crippen LogP) is 6.60. The van der Waals surface area contributed by atoms with Crippen LogP contribution in [-0.2, 0) is 10.9 Å². The van der Waals surface area contributed by atoms with Crippen LogP contribution in [0.5, 0.6) is 11.5 Å². The van der Waals surface area contributed by atoms with Gasteiger partial charge in [0.2, 0.25) is 0 Å². The van der Waals surface area contributed by atoms with Gasteiger partial charge < -0.3 is 14.6 Å². The fourth-order valence-corrected chi connectivity index (χ4v) is 3.36. The molecule has 0 bridgehead atoms. The number of anilines is 1. The Labute approximate surface area is 191 Å². The summed E-state index contributed by atoms with van der Waals surface area (Å²) in [6.07, 6.45) is -5.46. The number of nitrogens with zero attached hydrogens (tertiary/aromatic N) is 1. The average Bonchev–Trinajstić information content (AvgIpc) is 3.18. The van der Waals surface area contributed by atoms with Crippen molar-refractivity contribution < 1.29 is 36.9 Å². The van der Waals surface area contributed by atoms with Crippen molar-refractivity contribution in [2.45, 2.75) is 12.2 Å². The number of aliphatic hydroxyl groups excluding tert-OH is 1. The van der Waals surface area contributed by atoms with Gasteiger partial charge in [0, 0.05) is 17.8 Å². The Balaban J connectivity index is 0.00000149. The van der Waals surface area contributed by atoms with Crippen LogP contribution in [0.4, 0.5) is 28.0 Å². The van der Waals surface area contributed by atoms with Gasteiger partial charge in [-0.1, -0.05) is 11.6 Å². The van der Waals surface area contributed by atoms with Gasteiger partial charge >= 0.3 is 12.3 Å². The summed E-state index contributed by atoms with van der Waals surface area (Å²) in [7, 11) is 1.00. The number of carbonyl (C=O) groups is 1. The second kappa shape index (κ2) is 10.1. The van der Waals surface area contributed by atoms with Crippen LogP contribution >= 0.6 is 11.6 Å². The van der Waals surface area contributed by atoms with E-state index in [2.05, 4.69) is 0 Å². The van der Waals surface area contributed by atoms with Crippen molar-refractivity contribution in [3.8, 4) is 11.5 Å². The average molecular weight is 484 g/mol. The zero-order valence-corrected chi connectivity index (χ0v) is 17.9. The maximum atomic E-state index is 13.9. The summed E-state index contributed by atoms with van der Waals surface area (Å²) in [5, 5.41) is 7.56. The molecule has 0 unspecified atom stereocenters. The third kappa shape index (κ3) is 5.74. The van der Waals surface area contributed by atoms with E-state index in [0.717, 1.165) is 19.2 Å². The number of rotatable bonds is 4. The lowest BCUT2D eigenvalue weighted by Gasteiger charge is -2.23. The highest BCUT2D eigenvalue weighted by molar-refractivity contribution is 6.30. The number of amides is 1. The molecule has 174 valence electrons. The summed E-state index contributed by atoms with van der Waals surface area (Å²) in [5.74, 6) is -0.0221. The number of benzene rings is 3. The number of alkyl halides is 3. The van der Waals surface area contributed by atoms with Gasteiger partial charge in [-0.25, -0.2) is 9.18 Å². The Kier molecular flexibility index (Phi) is 7.45. The van der Waals surface area contributed by atoms with E-state index in [9.17, 15) is 22.4 Å². The van der Waals surface area contributed by atoms with Crippen LogP contribution in [0.3, 0.4) is 0 Å². The quantitative estimate of drug-likeness (QED) is 0.425. The summed E-state index contributed by atoms with van der Waals surface area (Å²) >= 11 is 5.84. The monoisotopic (exact) mass is 483 g/mol. The van der Waals surface area contributed by atoms with Crippen molar-refractivity contribution in [1.82, 2.24) is 0 Å². The minimum absolute atomic E-state index is 0.0142. The Morgan fingerprint density at radius 1 is 1.00 bits per heavy atom. The van der Waals surface area contributed by atoms with Gasteiger partial charge in [0.05, 0.1) is 11.6 Å². The maximum Gasteiger partial charge on any atom is 0.416 e. The van der Waals surface area contributed by atoms with Crippen molar-refractivity contribution in [2.24, 2.45) is 0 Å². The number of cyclic esters (lactones) is 1. The normalized spacial score (nSPS) is 15.5. The van der Waals surface area contributed by atoms with Crippen molar-refractivity contribution >= 4 is 23.4 Å². The van der Waals surface area contributed by atoms with Gasteiger partial charge in [-0.15, -0.1) is 0 Å². The van der Waals surface area contributed by atoms with Crippen molar-refractivity contribution in [2.75, 3.05) is 18.6 Å². The van der Waals surface area contributed by atoms with Gasteiger partial charge in [-0.2, -0.15) is 13.2 Å². The number of hydrogen-bond acceptors (Lipinski definition) is 4. The highest BCUT2D eigenvalue weighted by Gasteiger charge is 2.38. The van der Waals surface area contributed by atoms with E-state index in [-0.39, 0.29) is 12.2 Å². The first-order chi connectivity index (χ1) is 15.7. The van der Waals surface area contributed by atoms with E-state index in [1.54, 1.807) is 48.5 Å². The van der Waals surface area contributed by atoms with Gasteiger partial charge in [-0.3, -0.25) is 4.90 Å². The summed E-state index contributed by atoms with van der Waals surface area (Å²) in [5.41, 5.74) is -0.776. The minimum atomic E-state index is -4.72. The molecule has 3 aromatic carbocycles. The SMILES string of the molecule is CO.O=C1OC[C@H](c2cc(F)cc(C(F)(F)F)c2)N1c1ccc(Oc2ccc(Cl)cc2)cc1. The highest BCUT2D eigenvalue weighted by Crippen LogP contribution is 2.37. The predicted molar refractivity (Wildman–Crippen MR) is 114 cm³/mol. The Bertz CT molecular complexity index is 1100. The fraction of sp³-hybridized carbons (Fsp3) is 0.174. The van der Waals surface area contributed by atoms with Crippen molar-refractivity contribution in [3.05, 3.63) is 88.7 Å². The van der Waals surface area contributed by atoms with E-state index >= 15 is 0 Å². The van der Waals surface area contributed by atoms with Crippen LogP contribution in [0.25, 0.3) is 0 Å². The van der Waals surface area contributed by atoms with E-state index in [1.165, 1.54) is 4.90 Å². The first-order valence-electron chi connectivity index (χ1n) is 9.52. The van der Waals surface area contributed by atoms with E-state index in [4.69, 9.17) is 26.2 Å². The third-order valence-electron chi connectivity index (χ3n) is 4.67. The molecular weight excluding hydrogens is 466 g/mol. The molecule has 1 saturated heterocycles. The molecule has 1 fully saturated rings. The molecule has 0 spiro atoms. The van der Waals surface area contributed by atoms with Gasteiger partial charge in [-0.05, 0) is 72.3 Å². The summed E-state index contributed by atoms with van der Waals surface area (Å²) in [6.45, 7) is -0.206. The molecule has 0 saturated carbocycles. The molecule has 3 aromatic rings. The first-order valence-corrected chi connectivity index (χ1v) is 9.90. The second-order valence-electron chi connectivity index (χ2n) is 6.78. The van der Waals surface area contributed by atoms with E-state index in [0.29, 0.717) is 28.3 Å². The van der Waals surface area contributed by atoms with Gasteiger partial charge in [0.15, 0.2) is 0 Å². The zero-order chi connectivity index (χ0) is 24.2. The molecule has 10 heteroatoms. The topological polar surface area (TPSA) is 59.0 Å².